The van der Waals surface area contributed by atoms with Crippen LogP contribution in [0.5, 0.6) is 0 Å². The molecule has 4 heteroatoms. The maximum atomic E-state index is 4.19. The van der Waals surface area contributed by atoms with Crippen LogP contribution in [-0.4, -0.2) is 21.8 Å². The van der Waals surface area contributed by atoms with Crippen LogP contribution in [0.25, 0.3) is 0 Å². The van der Waals surface area contributed by atoms with Crippen molar-refractivity contribution >= 4 is 0 Å². The zero-order valence-electron chi connectivity index (χ0n) is 10.5. The van der Waals surface area contributed by atoms with Gasteiger partial charge in [-0.05, 0) is 26.5 Å². The molecule has 0 saturated carbocycles. The maximum Gasteiger partial charge on any atom is 0.137 e. The second kappa shape index (κ2) is 5.10. The van der Waals surface area contributed by atoms with E-state index in [-0.39, 0.29) is 12.1 Å². The molecule has 0 amide bonds. The minimum atomic E-state index is 0.227. The Balaban J connectivity index is 2.24. The van der Waals surface area contributed by atoms with E-state index in [1.165, 1.54) is 11.1 Å². The van der Waals surface area contributed by atoms with Crippen molar-refractivity contribution in [2.45, 2.75) is 25.9 Å². The van der Waals surface area contributed by atoms with Crippen molar-refractivity contribution in [3.8, 4) is 0 Å². The summed E-state index contributed by atoms with van der Waals surface area (Å²) >= 11 is 0. The Labute approximate surface area is 102 Å². The van der Waals surface area contributed by atoms with Crippen LogP contribution in [0.2, 0.25) is 0 Å². The molecule has 1 N–H and O–H groups in total. The highest BCUT2D eigenvalue weighted by molar-refractivity contribution is 5.24. The first-order valence-corrected chi connectivity index (χ1v) is 5.80. The van der Waals surface area contributed by atoms with Gasteiger partial charge in [0, 0.05) is 0 Å². The van der Waals surface area contributed by atoms with Crippen molar-refractivity contribution in [1.82, 2.24) is 20.1 Å². The summed E-state index contributed by atoms with van der Waals surface area (Å²) in [6.07, 6.45) is 3.32. The largest absolute Gasteiger partial charge is 0.311 e. The summed E-state index contributed by atoms with van der Waals surface area (Å²) in [5.41, 5.74) is 2.54. The van der Waals surface area contributed by atoms with Gasteiger partial charge in [0.05, 0.1) is 12.1 Å². The number of rotatable bonds is 4. The molecule has 0 bridgehead atoms. The molecule has 90 valence electrons. The highest BCUT2D eigenvalue weighted by Gasteiger charge is 2.19. The molecule has 0 radical (unpaired) electrons. The van der Waals surface area contributed by atoms with Crippen LogP contribution in [0.15, 0.2) is 36.9 Å². The van der Waals surface area contributed by atoms with Gasteiger partial charge in [-0.25, -0.2) is 9.67 Å². The summed E-state index contributed by atoms with van der Waals surface area (Å²) in [6.45, 7) is 4.23. The molecular weight excluding hydrogens is 212 g/mol. The van der Waals surface area contributed by atoms with E-state index in [0.29, 0.717) is 0 Å². The predicted molar refractivity (Wildman–Crippen MR) is 67.7 cm³/mol. The number of hydrogen-bond donors (Lipinski definition) is 1. The smallest absolute Gasteiger partial charge is 0.137 e. The molecular formula is C13H18N4. The molecule has 2 rings (SSSR count). The van der Waals surface area contributed by atoms with Gasteiger partial charge in [-0.15, -0.1) is 0 Å². The van der Waals surface area contributed by atoms with E-state index in [9.17, 15) is 0 Å². The van der Waals surface area contributed by atoms with Crippen LogP contribution in [0.1, 0.15) is 30.1 Å². The molecule has 17 heavy (non-hydrogen) atoms. The van der Waals surface area contributed by atoms with Crippen LogP contribution < -0.4 is 5.32 Å². The Kier molecular flexibility index (Phi) is 3.54. The van der Waals surface area contributed by atoms with Crippen molar-refractivity contribution in [3.63, 3.8) is 0 Å². The molecule has 0 aliphatic rings. The minimum absolute atomic E-state index is 0.227. The minimum Gasteiger partial charge on any atom is -0.311 e. The average molecular weight is 230 g/mol. The monoisotopic (exact) mass is 230 g/mol. The highest BCUT2D eigenvalue weighted by Crippen LogP contribution is 2.24. The summed E-state index contributed by atoms with van der Waals surface area (Å²) in [7, 11) is 1.97. The van der Waals surface area contributed by atoms with Crippen molar-refractivity contribution in [1.29, 1.82) is 0 Å². The normalized spacial score (nSPS) is 14.5. The highest BCUT2D eigenvalue weighted by atomic mass is 15.3. The maximum absolute atomic E-state index is 4.19. The molecule has 1 aromatic carbocycles. The third-order valence-corrected chi connectivity index (χ3v) is 3.08. The molecule has 1 aromatic heterocycles. The SMILES string of the molecule is CNC(c1ccc(C)cc1)C(C)n1cncn1. The molecule has 0 spiro atoms. The number of nitrogens with zero attached hydrogens (tertiary/aromatic N) is 3. The zero-order chi connectivity index (χ0) is 12.3. The van der Waals surface area contributed by atoms with E-state index < -0.39 is 0 Å². The van der Waals surface area contributed by atoms with Gasteiger partial charge in [0.1, 0.15) is 12.7 Å². The van der Waals surface area contributed by atoms with Crippen LogP contribution in [0.4, 0.5) is 0 Å². The van der Waals surface area contributed by atoms with Crippen LogP contribution in [0, 0.1) is 6.92 Å². The lowest BCUT2D eigenvalue weighted by Crippen LogP contribution is -2.26. The van der Waals surface area contributed by atoms with E-state index in [1.54, 1.807) is 12.7 Å². The Hall–Kier alpha value is -1.68. The summed E-state index contributed by atoms with van der Waals surface area (Å²) in [5.74, 6) is 0. The van der Waals surface area contributed by atoms with Crippen LogP contribution in [0.3, 0.4) is 0 Å². The summed E-state index contributed by atoms with van der Waals surface area (Å²) in [6, 6.07) is 9.04. The van der Waals surface area contributed by atoms with Gasteiger partial charge in [-0.2, -0.15) is 5.10 Å². The van der Waals surface area contributed by atoms with Gasteiger partial charge in [-0.3, -0.25) is 0 Å². The third kappa shape index (κ3) is 2.53. The van der Waals surface area contributed by atoms with E-state index in [2.05, 4.69) is 53.5 Å². The summed E-state index contributed by atoms with van der Waals surface area (Å²) in [5, 5.41) is 7.53. The van der Waals surface area contributed by atoms with Gasteiger partial charge >= 0.3 is 0 Å². The summed E-state index contributed by atoms with van der Waals surface area (Å²) < 4.78 is 1.88. The molecule has 0 aliphatic heterocycles. The van der Waals surface area contributed by atoms with Crippen LogP contribution >= 0.6 is 0 Å². The van der Waals surface area contributed by atoms with Crippen molar-refractivity contribution in [2.75, 3.05) is 7.05 Å². The van der Waals surface area contributed by atoms with E-state index in [4.69, 9.17) is 0 Å². The second-order valence-electron chi connectivity index (χ2n) is 4.29. The lowest BCUT2D eigenvalue weighted by atomic mass is 10.00. The number of aryl methyl sites for hydroxylation is 1. The standard InChI is InChI=1S/C13H18N4/c1-10-4-6-12(7-5-10)13(14-3)11(2)17-9-15-8-16-17/h4-9,11,13-14H,1-3H3. The van der Waals surface area contributed by atoms with E-state index in [1.807, 2.05) is 11.7 Å². The molecule has 4 nitrogen and oxygen atoms in total. The third-order valence-electron chi connectivity index (χ3n) is 3.08. The van der Waals surface area contributed by atoms with E-state index in [0.717, 1.165) is 0 Å². The zero-order valence-corrected chi connectivity index (χ0v) is 10.5. The number of aromatic nitrogens is 3. The molecule has 0 fully saturated rings. The second-order valence-corrected chi connectivity index (χ2v) is 4.29. The van der Waals surface area contributed by atoms with Gasteiger partial charge in [0.2, 0.25) is 0 Å². The first kappa shape index (κ1) is 11.8. The van der Waals surface area contributed by atoms with Crippen LogP contribution in [-0.2, 0) is 0 Å². The summed E-state index contributed by atoms with van der Waals surface area (Å²) in [4.78, 5) is 3.99. The molecule has 2 unspecified atom stereocenters. The number of likely N-dealkylation sites (N-methyl/N-ethyl adjacent to an activating group) is 1. The molecule has 2 aromatic rings. The topological polar surface area (TPSA) is 42.7 Å². The van der Waals surface area contributed by atoms with Gasteiger partial charge in [0.15, 0.2) is 0 Å². The molecule has 2 atom stereocenters. The van der Waals surface area contributed by atoms with Gasteiger partial charge in [-0.1, -0.05) is 29.8 Å². The first-order chi connectivity index (χ1) is 8.22. The lowest BCUT2D eigenvalue weighted by Gasteiger charge is -2.24. The van der Waals surface area contributed by atoms with Gasteiger partial charge in [0.25, 0.3) is 0 Å². The fourth-order valence-corrected chi connectivity index (χ4v) is 2.04. The average Bonchev–Trinajstić information content (AvgIpc) is 2.86. The quantitative estimate of drug-likeness (QED) is 0.874. The van der Waals surface area contributed by atoms with Crippen molar-refractivity contribution in [2.24, 2.45) is 0 Å². The Morgan fingerprint density at radius 3 is 2.47 bits per heavy atom. The van der Waals surface area contributed by atoms with Crippen molar-refractivity contribution in [3.05, 3.63) is 48.0 Å². The fraction of sp³-hybridized carbons (Fsp3) is 0.385. The van der Waals surface area contributed by atoms with Gasteiger partial charge < -0.3 is 5.32 Å². The molecule has 0 aliphatic carbocycles. The first-order valence-electron chi connectivity index (χ1n) is 5.80. The number of hydrogen-bond acceptors (Lipinski definition) is 3. The number of benzene rings is 1. The number of nitrogens with one attached hydrogen (secondary N) is 1. The molecule has 0 saturated heterocycles. The predicted octanol–water partition coefficient (Wildman–Crippen LogP) is 2.11. The van der Waals surface area contributed by atoms with Crippen molar-refractivity contribution < 1.29 is 0 Å². The lowest BCUT2D eigenvalue weighted by molar-refractivity contribution is 0.371. The Morgan fingerprint density at radius 1 is 1.24 bits per heavy atom. The van der Waals surface area contributed by atoms with E-state index >= 15 is 0 Å². The Bertz CT molecular complexity index is 447. The molecule has 1 heterocycles. The Morgan fingerprint density at radius 2 is 1.94 bits per heavy atom. The fourth-order valence-electron chi connectivity index (χ4n) is 2.04.